The van der Waals surface area contributed by atoms with E-state index in [4.69, 9.17) is 4.74 Å². The molecule has 8 nitrogen and oxygen atoms in total. The third kappa shape index (κ3) is 3.03. The highest BCUT2D eigenvalue weighted by atomic mass is 16.6. The lowest BCUT2D eigenvalue weighted by Gasteiger charge is -2.16. The first-order chi connectivity index (χ1) is 12.6. The summed E-state index contributed by atoms with van der Waals surface area (Å²) in [6, 6.07) is 10.2. The van der Waals surface area contributed by atoms with Gasteiger partial charge in [-0.3, -0.25) is 4.57 Å². The molecule has 1 aromatic carbocycles. The van der Waals surface area contributed by atoms with E-state index in [2.05, 4.69) is 32.4 Å². The van der Waals surface area contributed by atoms with E-state index >= 15 is 0 Å². The molecule has 1 saturated heterocycles. The number of aliphatic hydroxyl groups excluding tert-OH is 2. The van der Waals surface area contributed by atoms with Crippen LogP contribution in [0.25, 0.3) is 11.2 Å². The predicted molar refractivity (Wildman–Crippen MR) is 95.6 cm³/mol. The van der Waals surface area contributed by atoms with E-state index < -0.39 is 24.5 Å². The van der Waals surface area contributed by atoms with Crippen molar-refractivity contribution in [2.24, 2.45) is 0 Å². The molecule has 3 heterocycles. The Labute approximate surface area is 150 Å². The number of nitrogens with one attached hydrogen (secondary N) is 1. The highest BCUT2D eigenvalue weighted by molar-refractivity contribution is 5.82. The molecule has 0 aliphatic carbocycles. The van der Waals surface area contributed by atoms with Crippen molar-refractivity contribution in [1.29, 1.82) is 0 Å². The first-order valence-electron chi connectivity index (χ1n) is 8.62. The Morgan fingerprint density at radius 2 is 1.92 bits per heavy atom. The molecule has 26 heavy (non-hydrogen) atoms. The molecular formula is C18H21N5O3. The standard InChI is InChI=1S/C18H21N5O3/c1-11-14(24)15(25)18(26-11)23-10-22-13-16(20-9-21-17(13)23)19-8-7-12-5-3-2-4-6-12/h2-6,9-11,14-15,18,24-25H,7-8H2,1H3,(H,19,20,21)/t11-,14-,15-,18-/m1/s1. The maximum Gasteiger partial charge on any atom is 0.167 e. The number of hydrogen-bond donors (Lipinski definition) is 3. The quantitative estimate of drug-likeness (QED) is 0.630. The van der Waals surface area contributed by atoms with Crippen molar-refractivity contribution in [3.05, 3.63) is 48.5 Å². The molecule has 2 aromatic heterocycles. The molecule has 1 aliphatic rings. The lowest BCUT2D eigenvalue weighted by Crippen LogP contribution is -2.30. The predicted octanol–water partition coefficient (Wildman–Crippen LogP) is 1.12. The Bertz CT molecular complexity index is 885. The summed E-state index contributed by atoms with van der Waals surface area (Å²) in [7, 11) is 0. The Kier molecular flexibility index (Phi) is 4.54. The molecule has 136 valence electrons. The second kappa shape index (κ2) is 6.99. The van der Waals surface area contributed by atoms with E-state index in [9.17, 15) is 10.2 Å². The van der Waals surface area contributed by atoms with Crippen LogP contribution in [0.4, 0.5) is 5.82 Å². The van der Waals surface area contributed by atoms with Gasteiger partial charge in [0, 0.05) is 6.54 Å². The first kappa shape index (κ1) is 16.9. The van der Waals surface area contributed by atoms with E-state index in [-0.39, 0.29) is 0 Å². The van der Waals surface area contributed by atoms with Gasteiger partial charge in [0.05, 0.1) is 12.4 Å². The molecule has 4 rings (SSSR count). The molecule has 3 aromatic rings. The highest BCUT2D eigenvalue weighted by Crippen LogP contribution is 2.31. The molecule has 0 spiro atoms. The number of rotatable bonds is 5. The number of fused-ring (bicyclic) bond motifs is 1. The van der Waals surface area contributed by atoms with Crippen LogP contribution in [0.5, 0.6) is 0 Å². The molecule has 3 N–H and O–H groups in total. The number of benzene rings is 1. The number of aromatic nitrogens is 4. The summed E-state index contributed by atoms with van der Waals surface area (Å²) in [6.45, 7) is 2.43. The van der Waals surface area contributed by atoms with Crippen molar-refractivity contribution in [3.8, 4) is 0 Å². The third-order valence-electron chi connectivity index (χ3n) is 4.66. The van der Waals surface area contributed by atoms with Crippen LogP contribution in [-0.2, 0) is 11.2 Å². The van der Waals surface area contributed by atoms with Crippen molar-refractivity contribution < 1.29 is 14.9 Å². The van der Waals surface area contributed by atoms with Crippen molar-refractivity contribution in [3.63, 3.8) is 0 Å². The maximum absolute atomic E-state index is 10.2. The fourth-order valence-corrected chi connectivity index (χ4v) is 3.19. The summed E-state index contributed by atoms with van der Waals surface area (Å²) in [5.41, 5.74) is 2.39. The van der Waals surface area contributed by atoms with Gasteiger partial charge in [-0.05, 0) is 18.9 Å². The summed E-state index contributed by atoms with van der Waals surface area (Å²) in [4.78, 5) is 12.9. The molecule has 0 saturated carbocycles. The van der Waals surface area contributed by atoms with Gasteiger partial charge in [0.25, 0.3) is 0 Å². The average molecular weight is 355 g/mol. The van der Waals surface area contributed by atoms with Crippen LogP contribution in [0.3, 0.4) is 0 Å². The monoisotopic (exact) mass is 355 g/mol. The van der Waals surface area contributed by atoms with Crippen LogP contribution in [0.2, 0.25) is 0 Å². The third-order valence-corrected chi connectivity index (χ3v) is 4.66. The number of anilines is 1. The molecule has 1 fully saturated rings. The summed E-state index contributed by atoms with van der Waals surface area (Å²) < 4.78 is 7.29. The van der Waals surface area contributed by atoms with Crippen molar-refractivity contribution in [1.82, 2.24) is 19.5 Å². The zero-order chi connectivity index (χ0) is 18.1. The van der Waals surface area contributed by atoms with Crippen LogP contribution in [0.1, 0.15) is 18.7 Å². The van der Waals surface area contributed by atoms with E-state index in [1.54, 1.807) is 17.8 Å². The number of aliphatic hydroxyl groups is 2. The molecule has 8 heteroatoms. The minimum atomic E-state index is -1.04. The van der Waals surface area contributed by atoms with Gasteiger partial charge >= 0.3 is 0 Å². The molecule has 0 bridgehead atoms. The van der Waals surface area contributed by atoms with Gasteiger partial charge in [-0.25, -0.2) is 15.0 Å². The van der Waals surface area contributed by atoms with Crippen LogP contribution < -0.4 is 5.32 Å². The van der Waals surface area contributed by atoms with Gasteiger partial charge in [-0.15, -0.1) is 0 Å². The van der Waals surface area contributed by atoms with E-state index in [0.29, 0.717) is 23.5 Å². The second-order valence-corrected chi connectivity index (χ2v) is 6.42. The van der Waals surface area contributed by atoms with E-state index in [0.717, 1.165) is 6.42 Å². The van der Waals surface area contributed by atoms with Crippen LogP contribution in [0.15, 0.2) is 43.0 Å². The fourth-order valence-electron chi connectivity index (χ4n) is 3.19. The normalized spacial score (nSPS) is 25.7. The molecule has 4 atom stereocenters. The highest BCUT2D eigenvalue weighted by Gasteiger charge is 2.42. The zero-order valence-corrected chi connectivity index (χ0v) is 14.4. The molecule has 0 unspecified atom stereocenters. The smallest absolute Gasteiger partial charge is 0.167 e. The lowest BCUT2D eigenvalue weighted by molar-refractivity contribution is -0.0299. The van der Waals surface area contributed by atoms with E-state index in [1.807, 2.05) is 18.2 Å². The molecule has 0 radical (unpaired) electrons. The minimum absolute atomic E-state index is 0.460. The Hall–Kier alpha value is -2.55. The van der Waals surface area contributed by atoms with Crippen LogP contribution in [-0.4, -0.2) is 54.6 Å². The van der Waals surface area contributed by atoms with Crippen molar-refractivity contribution >= 4 is 17.0 Å². The topological polar surface area (TPSA) is 105 Å². The van der Waals surface area contributed by atoms with Gasteiger partial charge in [-0.2, -0.15) is 0 Å². The second-order valence-electron chi connectivity index (χ2n) is 6.42. The summed E-state index contributed by atoms with van der Waals surface area (Å²) in [6.07, 6.45) is 0.707. The summed E-state index contributed by atoms with van der Waals surface area (Å²) in [5.74, 6) is 0.630. The van der Waals surface area contributed by atoms with E-state index in [1.165, 1.54) is 11.9 Å². The van der Waals surface area contributed by atoms with Gasteiger partial charge in [0.15, 0.2) is 23.2 Å². The fraction of sp³-hybridized carbons (Fsp3) is 0.389. The van der Waals surface area contributed by atoms with Crippen molar-refractivity contribution in [2.75, 3.05) is 11.9 Å². The SMILES string of the molecule is C[C@H]1O[C@@H](n2cnc3c(NCCc4ccccc4)ncnc32)[C@H](O)[C@@H]1O. The van der Waals surface area contributed by atoms with Gasteiger partial charge in [0.2, 0.25) is 0 Å². The largest absolute Gasteiger partial charge is 0.388 e. The van der Waals surface area contributed by atoms with Gasteiger partial charge < -0.3 is 20.3 Å². The Morgan fingerprint density at radius 1 is 1.12 bits per heavy atom. The first-order valence-corrected chi connectivity index (χ1v) is 8.62. The van der Waals surface area contributed by atoms with Crippen molar-refractivity contribution in [2.45, 2.75) is 37.9 Å². The Morgan fingerprint density at radius 3 is 2.65 bits per heavy atom. The lowest BCUT2D eigenvalue weighted by atomic mass is 10.1. The van der Waals surface area contributed by atoms with Crippen LogP contribution >= 0.6 is 0 Å². The van der Waals surface area contributed by atoms with Gasteiger partial charge in [0.1, 0.15) is 18.5 Å². The summed E-state index contributed by atoms with van der Waals surface area (Å²) in [5, 5.41) is 23.4. The number of imidazole rings is 1. The van der Waals surface area contributed by atoms with Gasteiger partial charge in [-0.1, -0.05) is 30.3 Å². The number of nitrogens with zero attached hydrogens (tertiary/aromatic N) is 4. The number of hydrogen-bond acceptors (Lipinski definition) is 7. The Balaban J connectivity index is 1.54. The average Bonchev–Trinajstić information content (AvgIpc) is 3.20. The summed E-state index contributed by atoms with van der Waals surface area (Å²) >= 11 is 0. The maximum atomic E-state index is 10.2. The molecule has 0 amide bonds. The minimum Gasteiger partial charge on any atom is -0.388 e. The molecular weight excluding hydrogens is 334 g/mol. The molecule has 1 aliphatic heterocycles. The zero-order valence-electron chi connectivity index (χ0n) is 14.4. The number of ether oxygens (including phenoxy) is 1. The van der Waals surface area contributed by atoms with Crippen LogP contribution in [0, 0.1) is 0 Å².